The molecule has 2 aromatic rings. The van der Waals surface area contributed by atoms with Gasteiger partial charge in [0.25, 0.3) is 0 Å². The van der Waals surface area contributed by atoms with Crippen molar-refractivity contribution >= 4 is 11.6 Å². The highest BCUT2D eigenvalue weighted by molar-refractivity contribution is 6.30. The Kier molecular flexibility index (Phi) is 4.91. The van der Waals surface area contributed by atoms with E-state index in [1.54, 1.807) is 0 Å². The summed E-state index contributed by atoms with van der Waals surface area (Å²) in [4.78, 5) is 2.53. The van der Waals surface area contributed by atoms with Crippen molar-refractivity contribution in [2.24, 2.45) is 0 Å². The number of halogens is 1. The minimum absolute atomic E-state index is 0.433. The molecule has 3 heteroatoms. The predicted octanol–water partition coefficient (Wildman–Crippen LogP) is 3.88. The lowest BCUT2D eigenvalue weighted by atomic mass is 10.0. The third-order valence-electron chi connectivity index (χ3n) is 4.07. The molecule has 1 saturated heterocycles. The molecule has 0 amide bonds. The largest absolute Gasteiger partial charge is 0.309 e. The summed E-state index contributed by atoms with van der Waals surface area (Å²) in [5, 5.41) is 4.45. The monoisotopic (exact) mass is 300 g/mol. The SMILES string of the molecule is Clc1ccc([C@H]2CCN(Cc3ccccc3)CCN2)cc1. The molecule has 110 valence electrons. The standard InChI is InChI=1S/C18H21ClN2/c19-17-8-6-16(7-9-17)18-10-12-21(13-11-20-18)14-15-4-2-1-3-5-15/h1-9,18,20H,10-14H2/t18-/m1/s1. The van der Waals surface area contributed by atoms with Crippen LogP contribution in [-0.2, 0) is 6.54 Å². The predicted molar refractivity (Wildman–Crippen MR) is 88.5 cm³/mol. The van der Waals surface area contributed by atoms with Gasteiger partial charge in [0, 0.05) is 37.2 Å². The van der Waals surface area contributed by atoms with Crippen molar-refractivity contribution < 1.29 is 0 Å². The van der Waals surface area contributed by atoms with Gasteiger partial charge in [-0.3, -0.25) is 4.90 Å². The van der Waals surface area contributed by atoms with E-state index in [1.165, 1.54) is 11.1 Å². The Bertz CT molecular complexity index is 553. The van der Waals surface area contributed by atoms with Crippen LogP contribution in [0, 0.1) is 0 Å². The van der Waals surface area contributed by atoms with Gasteiger partial charge in [-0.05, 0) is 29.7 Å². The summed E-state index contributed by atoms with van der Waals surface area (Å²) in [6, 6.07) is 19.4. The van der Waals surface area contributed by atoms with Gasteiger partial charge < -0.3 is 5.32 Å². The molecule has 1 atom stereocenters. The van der Waals surface area contributed by atoms with Gasteiger partial charge in [-0.2, -0.15) is 0 Å². The summed E-state index contributed by atoms with van der Waals surface area (Å²) in [6.45, 7) is 4.28. The molecule has 1 heterocycles. The number of hydrogen-bond donors (Lipinski definition) is 1. The van der Waals surface area contributed by atoms with Crippen molar-refractivity contribution in [1.82, 2.24) is 10.2 Å². The molecule has 2 nitrogen and oxygen atoms in total. The Morgan fingerprint density at radius 2 is 1.76 bits per heavy atom. The highest BCUT2D eigenvalue weighted by Gasteiger charge is 2.17. The quantitative estimate of drug-likeness (QED) is 0.925. The van der Waals surface area contributed by atoms with Crippen LogP contribution in [0.2, 0.25) is 5.02 Å². The zero-order valence-electron chi connectivity index (χ0n) is 12.1. The Morgan fingerprint density at radius 3 is 2.52 bits per heavy atom. The Hall–Kier alpha value is -1.35. The van der Waals surface area contributed by atoms with E-state index in [9.17, 15) is 0 Å². The first-order chi connectivity index (χ1) is 10.3. The van der Waals surface area contributed by atoms with Crippen LogP contribution in [0.4, 0.5) is 0 Å². The summed E-state index contributed by atoms with van der Waals surface area (Å²) < 4.78 is 0. The van der Waals surface area contributed by atoms with Crippen LogP contribution in [0.15, 0.2) is 54.6 Å². The van der Waals surface area contributed by atoms with Crippen LogP contribution < -0.4 is 5.32 Å². The van der Waals surface area contributed by atoms with Gasteiger partial charge in [-0.15, -0.1) is 0 Å². The summed E-state index contributed by atoms with van der Waals surface area (Å²) >= 11 is 5.97. The summed E-state index contributed by atoms with van der Waals surface area (Å²) in [6.07, 6.45) is 1.13. The molecule has 3 rings (SSSR count). The van der Waals surface area contributed by atoms with Gasteiger partial charge >= 0.3 is 0 Å². The van der Waals surface area contributed by atoms with Crippen molar-refractivity contribution in [3.63, 3.8) is 0 Å². The number of benzene rings is 2. The zero-order chi connectivity index (χ0) is 14.5. The molecule has 1 N–H and O–H groups in total. The van der Waals surface area contributed by atoms with Gasteiger partial charge in [0.05, 0.1) is 0 Å². The Labute approximate surface area is 131 Å². The minimum atomic E-state index is 0.433. The van der Waals surface area contributed by atoms with Crippen LogP contribution in [0.5, 0.6) is 0 Å². The molecular formula is C18H21ClN2. The maximum Gasteiger partial charge on any atom is 0.0406 e. The summed E-state index contributed by atoms with van der Waals surface area (Å²) in [7, 11) is 0. The van der Waals surface area contributed by atoms with Crippen molar-refractivity contribution in [2.75, 3.05) is 19.6 Å². The third kappa shape index (κ3) is 4.07. The third-order valence-corrected chi connectivity index (χ3v) is 4.33. The van der Waals surface area contributed by atoms with E-state index in [1.807, 2.05) is 12.1 Å². The lowest BCUT2D eigenvalue weighted by molar-refractivity contribution is 0.282. The van der Waals surface area contributed by atoms with Crippen LogP contribution in [0.1, 0.15) is 23.6 Å². The molecule has 2 aromatic carbocycles. The zero-order valence-corrected chi connectivity index (χ0v) is 12.9. The van der Waals surface area contributed by atoms with Crippen LogP contribution in [0.3, 0.4) is 0 Å². The lowest BCUT2D eigenvalue weighted by Gasteiger charge is -2.19. The lowest BCUT2D eigenvalue weighted by Crippen LogP contribution is -2.27. The molecule has 0 radical (unpaired) electrons. The van der Waals surface area contributed by atoms with Crippen LogP contribution in [0.25, 0.3) is 0 Å². The van der Waals surface area contributed by atoms with E-state index < -0.39 is 0 Å². The summed E-state index contributed by atoms with van der Waals surface area (Å²) in [5.41, 5.74) is 2.73. The minimum Gasteiger partial charge on any atom is -0.309 e. The maximum absolute atomic E-state index is 5.97. The molecule has 1 aliphatic heterocycles. The van der Waals surface area contributed by atoms with Crippen molar-refractivity contribution in [3.05, 3.63) is 70.7 Å². The highest BCUT2D eigenvalue weighted by atomic mass is 35.5. The van der Waals surface area contributed by atoms with Crippen molar-refractivity contribution in [2.45, 2.75) is 19.0 Å². The molecule has 0 saturated carbocycles. The first kappa shape index (κ1) is 14.6. The van der Waals surface area contributed by atoms with E-state index in [0.717, 1.165) is 37.6 Å². The second kappa shape index (κ2) is 7.08. The molecule has 0 bridgehead atoms. The Balaban J connectivity index is 1.60. The van der Waals surface area contributed by atoms with Gasteiger partial charge in [0.1, 0.15) is 0 Å². The Morgan fingerprint density at radius 1 is 1.00 bits per heavy atom. The van der Waals surface area contributed by atoms with Gasteiger partial charge in [-0.25, -0.2) is 0 Å². The van der Waals surface area contributed by atoms with Gasteiger partial charge in [0.2, 0.25) is 0 Å². The molecule has 0 aliphatic carbocycles. The number of rotatable bonds is 3. The molecule has 1 fully saturated rings. The fraction of sp³-hybridized carbons (Fsp3) is 0.333. The highest BCUT2D eigenvalue weighted by Crippen LogP contribution is 2.21. The van der Waals surface area contributed by atoms with Crippen LogP contribution >= 0.6 is 11.6 Å². The molecule has 21 heavy (non-hydrogen) atoms. The number of nitrogens with one attached hydrogen (secondary N) is 1. The molecular weight excluding hydrogens is 280 g/mol. The fourth-order valence-corrected chi connectivity index (χ4v) is 3.03. The normalized spacial score (nSPS) is 20.1. The first-order valence-corrected chi connectivity index (χ1v) is 7.94. The van der Waals surface area contributed by atoms with E-state index in [-0.39, 0.29) is 0 Å². The van der Waals surface area contributed by atoms with E-state index in [0.29, 0.717) is 6.04 Å². The van der Waals surface area contributed by atoms with E-state index >= 15 is 0 Å². The smallest absolute Gasteiger partial charge is 0.0406 e. The van der Waals surface area contributed by atoms with Gasteiger partial charge in [-0.1, -0.05) is 54.1 Å². The average Bonchev–Trinajstić information content (AvgIpc) is 2.75. The van der Waals surface area contributed by atoms with Crippen LogP contribution in [-0.4, -0.2) is 24.5 Å². The molecule has 0 aromatic heterocycles. The van der Waals surface area contributed by atoms with E-state index in [4.69, 9.17) is 11.6 Å². The van der Waals surface area contributed by atoms with Crippen molar-refractivity contribution in [3.8, 4) is 0 Å². The molecule has 0 spiro atoms. The fourth-order valence-electron chi connectivity index (χ4n) is 2.90. The average molecular weight is 301 g/mol. The van der Waals surface area contributed by atoms with Crippen molar-refractivity contribution in [1.29, 1.82) is 0 Å². The second-order valence-corrected chi connectivity index (χ2v) is 6.05. The molecule has 1 aliphatic rings. The molecule has 0 unspecified atom stereocenters. The van der Waals surface area contributed by atoms with E-state index in [2.05, 4.69) is 52.7 Å². The maximum atomic E-state index is 5.97. The first-order valence-electron chi connectivity index (χ1n) is 7.56. The number of hydrogen-bond acceptors (Lipinski definition) is 2. The summed E-state index contributed by atoms with van der Waals surface area (Å²) in [5.74, 6) is 0. The topological polar surface area (TPSA) is 15.3 Å². The second-order valence-electron chi connectivity index (χ2n) is 5.61. The number of nitrogens with zero attached hydrogens (tertiary/aromatic N) is 1. The van der Waals surface area contributed by atoms with Gasteiger partial charge in [0.15, 0.2) is 0 Å².